The summed E-state index contributed by atoms with van der Waals surface area (Å²) in [5.41, 5.74) is 0.124. The van der Waals surface area contributed by atoms with Gasteiger partial charge in [-0.3, -0.25) is 14.7 Å². The largest absolute Gasteiger partial charge is 0.364 e. The van der Waals surface area contributed by atoms with Crippen LogP contribution in [0.15, 0.2) is 18.6 Å². The first-order valence-electron chi connectivity index (χ1n) is 6.64. The molecule has 7 heteroatoms. The van der Waals surface area contributed by atoms with E-state index < -0.39 is 17.9 Å². The summed E-state index contributed by atoms with van der Waals surface area (Å²) in [5.74, 6) is -1.36. The topological polar surface area (TPSA) is 101 Å². The van der Waals surface area contributed by atoms with Crippen molar-refractivity contribution < 1.29 is 19.7 Å². The van der Waals surface area contributed by atoms with E-state index in [9.17, 15) is 9.59 Å². The van der Waals surface area contributed by atoms with Crippen LogP contribution in [0.2, 0.25) is 0 Å². The molecule has 0 saturated heterocycles. The van der Waals surface area contributed by atoms with Gasteiger partial charge in [0.1, 0.15) is 11.7 Å². The second kappa shape index (κ2) is 6.95. The summed E-state index contributed by atoms with van der Waals surface area (Å²) in [7, 11) is 0. The Morgan fingerprint density at radius 3 is 2.65 bits per heavy atom. The molecule has 1 atom stereocenters. The molecule has 0 bridgehead atoms. The van der Waals surface area contributed by atoms with Crippen molar-refractivity contribution in [1.29, 1.82) is 0 Å². The van der Waals surface area contributed by atoms with E-state index in [1.165, 1.54) is 18.6 Å². The number of amides is 1. The van der Waals surface area contributed by atoms with Crippen molar-refractivity contribution in [3.63, 3.8) is 0 Å². The van der Waals surface area contributed by atoms with Gasteiger partial charge in [0.2, 0.25) is 0 Å². The molecule has 2 rings (SSSR count). The first kappa shape index (κ1) is 14.4. The highest BCUT2D eigenvalue weighted by atomic mass is 17.1. The van der Waals surface area contributed by atoms with Crippen LogP contribution in [-0.2, 0) is 9.68 Å². The minimum Gasteiger partial charge on any atom is -0.337 e. The van der Waals surface area contributed by atoms with Crippen LogP contribution in [0.5, 0.6) is 0 Å². The van der Waals surface area contributed by atoms with Gasteiger partial charge in [-0.25, -0.2) is 9.78 Å². The average molecular weight is 279 g/mol. The minimum absolute atomic E-state index is 0.0241. The van der Waals surface area contributed by atoms with Crippen molar-refractivity contribution in [2.24, 2.45) is 5.92 Å². The fourth-order valence-corrected chi connectivity index (χ4v) is 2.53. The molecule has 7 nitrogen and oxygen atoms in total. The lowest BCUT2D eigenvalue weighted by atomic mass is 9.84. The van der Waals surface area contributed by atoms with Crippen LogP contribution >= 0.6 is 0 Å². The fourth-order valence-electron chi connectivity index (χ4n) is 2.53. The zero-order valence-electron chi connectivity index (χ0n) is 11.0. The summed E-state index contributed by atoms with van der Waals surface area (Å²) in [6.07, 6.45) is 8.93. The molecule has 0 aromatic carbocycles. The van der Waals surface area contributed by atoms with Crippen molar-refractivity contribution in [3.05, 3.63) is 24.3 Å². The SMILES string of the molecule is O=C(N[C@H](C(=O)OO)C1CCCCC1)c1cnccn1. The molecule has 1 amide bonds. The summed E-state index contributed by atoms with van der Waals surface area (Å²) in [6.45, 7) is 0. The minimum atomic E-state index is -0.852. The van der Waals surface area contributed by atoms with Gasteiger partial charge in [-0.15, -0.1) is 0 Å². The normalized spacial score (nSPS) is 17.2. The quantitative estimate of drug-likeness (QED) is 0.633. The summed E-state index contributed by atoms with van der Waals surface area (Å²) >= 11 is 0. The third-order valence-electron chi connectivity index (χ3n) is 3.55. The molecule has 1 aliphatic rings. The Balaban J connectivity index is 2.07. The summed E-state index contributed by atoms with van der Waals surface area (Å²) in [4.78, 5) is 35.2. The highest BCUT2D eigenvalue weighted by Gasteiger charge is 2.33. The second-order valence-electron chi connectivity index (χ2n) is 4.85. The zero-order chi connectivity index (χ0) is 14.4. The number of aromatic nitrogens is 2. The number of hydrogen-bond donors (Lipinski definition) is 2. The van der Waals surface area contributed by atoms with E-state index in [1.54, 1.807) is 0 Å². The van der Waals surface area contributed by atoms with Crippen LogP contribution in [0.25, 0.3) is 0 Å². The summed E-state index contributed by atoms with van der Waals surface area (Å²) in [5, 5.41) is 11.2. The Kier molecular flexibility index (Phi) is 5.00. The number of hydrogen-bond acceptors (Lipinski definition) is 6. The molecule has 1 aliphatic carbocycles. The summed E-state index contributed by atoms with van der Waals surface area (Å²) in [6, 6.07) is -0.852. The lowest BCUT2D eigenvalue weighted by molar-refractivity contribution is -0.237. The predicted molar refractivity (Wildman–Crippen MR) is 68.6 cm³/mol. The number of rotatable bonds is 4. The molecule has 0 spiro atoms. The van der Waals surface area contributed by atoms with Crippen molar-refractivity contribution in [1.82, 2.24) is 15.3 Å². The fraction of sp³-hybridized carbons (Fsp3) is 0.538. The molecule has 0 unspecified atom stereocenters. The van der Waals surface area contributed by atoms with Crippen LogP contribution < -0.4 is 5.32 Å². The molecule has 1 aromatic heterocycles. The third kappa shape index (κ3) is 3.51. The van der Waals surface area contributed by atoms with E-state index in [2.05, 4.69) is 20.2 Å². The van der Waals surface area contributed by atoms with Crippen LogP contribution in [0.4, 0.5) is 0 Å². The van der Waals surface area contributed by atoms with E-state index in [4.69, 9.17) is 5.26 Å². The van der Waals surface area contributed by atoms with Gasteiger partial charge in [-0.1, -0.05) is 19.3 Å². The van der Waals surface area contributed by atoms with Crippen LogP contribution in [0.1, 0.15) is 42.6 Å². The second-order valence-corrected chi connectivity index (χ2v) is 4.85. The van der Waals surface area contributed by atoms with Gasteiger partial charge in [0.25, 0.3) is 5.91 Å². The van der Waals surface area contributed by atoms with E-state index in [1.807, 2.05) is 0 Å². The molecule has 1 aromatic rings. The zero-order valence-corrected chi connectivity index (χ0v) is 11.0. The highest BCUT2D eigenvalue weighted by molar-refractivity contribution is 5.94. The van der Waals surface area contributed by atoms with Gasteiger partial charge in [-0.05, 0) is 18.8 Å². The maximum Gasteiger partial charge on any atom is 0.364 e. The van der Waals surface area contributed by atoms with Crippen LogP contribution in [0, 0.1) is 5.92 Å². The molecule has 1 saturated carbocycles. The number of nitrogens with one attached hydrogen (secondary N) is 1. The van der Waals surface area contributed by atoms with Gasteiger partial charge in [0.15, 0.2) is 0 Å². The number of nitrogens with zero attached hydrogens (tertiary/aromatic N) is 2. The molecule has 1 heterocycles. The van der Waals surface area contributed by atoms with Gasteiger partial charge < -0.3 is 5.32 Å². The van der Waals surface area contributed by atoms with Gasteiger partial charge in [0.05, 0.1) is 6.20 Å². The van der Waals surface area contributed by atoms with Gasteiger partial charge >= 0.3 is 5.97 Å². The Bertz CT molecular complexity index is 460. The first-order chi connectivity index (χ1) is 9.72. The van der Waals surface area contributed by atoms with E-state index >= 15 is 0 Å². The highest BCUT2D eigenvalue weighted by Crippen LogP contribution is 2.27. The maximum absolute atomic E-state index is 12.0. The van der Waals surface area contributed by atoms with E-state index in [0.717, 1.165) is 32.1 Å². The van der Waals surface area contributed by atoms with Crippen LogP contribution in [-0.4, -0.2) is 33.1 Å². The smallest absolute Gasteiger partial charge is 0.337 e. The first-order valence-corrected chi connectivity index (χ1v) is 6.64. The standard InChI is InChI=1S/C13H17N3O4/c17-12(10-8-14-6-7-15-10)16-11(13(18)20-19)9-4-2-1-3-5-9/h6-9,11,19H,1-5H2,(H,16,17)/t11-/m0/s1. The monoisotopic (exact) mass is 279 g/mol. The molecule has 108 valence electrons. The molecule has 0 radical (unpaired) electrons. The van der Waals surface area contributed by atoms with Gasteiger partial charge in [-0.2, -0.15) is 5.26 Å². The lowest BCUT2D eigenvalue weighted by Crippen LogP contribution is -2.47. The molecule has 0 aliphatic heterocycles. The van der Waals surface area contributed by atoms with Crippen molar-refractivity contribution in [2.45, 2.75) is 38.1 Å². The Morgan fingerprint density at radius 1 is 1.30 bits per heavy atom. The predicted octanol–water partition coefficient (Wildman–Crippen LogP) is 1.17. The Morgan fingerprint density at radius 2 is 2.05 bits per heavy atom. The lowest BCUT2D eigenvalue weighted by Gasteiger charge is -2.28. The van der Waals surface area contributed by atoms with Gasteiger partial charge in [0, 0.05) is 12.4 Å². The molecular formula is C13H17N3O4. The van der Waals surface area contributed by atoms with Crippen molar-refractivity contribution in [3.8, 4) is 0 Å². The van der Waals surface area contributed by atoms with E-state index in [0.29, 0.717) is 0 Å². The third-order valence-corrected chi connectivity index (χ3v) is 3.55. The molecule has 20 heavy (non-hydrogen) atoms. The Labute approximate surface area is 116 Å². The van der Waals surface area contributed by atoms with Crippen LogP contribution in [0.3, 0.4) is 0 Å². The summed E-state index contributed by atoms with van der Waals surface area (Å²) < 4.78 is 0. The number of carbonyl (C=O) groups excluding carboxylic acids is 2. The Hall–Kier alpha value is -2.02. The number of carbonyl (C=O) groups is 2. The van der Waals surface area contributed by atoms with Crippen molar-refractivity contribution in [2.75, 3.05) is 0 Å². The maximum atomic E-state index is 12.0. The molecule has 1 fully saturated rings. The molecular weight excluding hydrogens is 262 g/mol. The average Bonchev–Trinajstić information content (AvgIpc) is 2.53. The van der Waals surface area contributed by atoms with E-state index in [-0.39, 0.29) is 11.6 Å². The molecule has 2 N–H and O–H groups in total. The van der Waals surface area contributed by atoms with Crippen molar-refractivity contribution >= 4 is 11.9 Å².